The third-order valence-corrected chi connectivity index (χ3v) is 2.34. The van der Waals surface area contributed by atoms with Crippen LogP contribution in [-0.4, -0.2) is 0 Å². The van der Waals surface area contributed by atoms with Crippen LogP contribution in [0.4, 0.5) is 4.39 Å². The molecule has 0 aliphatic rings. The minimum absolute atomic E-state index is 0.0516. The number of hydrogen-bond donors (Lipinski definition) is 0. The Morgan fingerprint density at radius 3 is 2.25 bits per heavy atom. The van der Waals surface area contributed by atoms with E-state index in [-0.39, 0.29) is 5.56 Å². The lowest BCUT2D eigenvalue weighted by atomic mass is 10.2. The summed E-state index contributed by atoms with van der Waals surface area (Å²) in [5, 5.41) is 0. The molecular weight excluding hydrogens is 289 g/mol. The van der Waals surface area contributed by atoms with Crippen molar-refractivity contribution in [3.8, 4) is 0 Å². The molecule has 0 saturated heterocycles. The van der Waals surface area contributed by atoms with E-state index < -0.39 is 9.61 Å². The van der Waals surface area contributed by atoms with Gasteiger partial charge in [0.2, 0.25) is 3.79 Å². The van der Waals surface area contributed by atoms with Gasteiger partial charge in [-0.2, -0.15) is 0 Å². The first kappa shape index (κ1) is 10.6. The van der Waals surface area contributed by atoms with Crippen LogP contribution < -0.4 is 0 Å². The largest absolute Gasteiger partial charge is 0.218 e. The molecule has 1 aromatic carbocycles. The van der Waals surface area contributed by atoms with E-state index in [1.165, 1.54) is 12.1 Å². The summed E-state index contributed by atoms with van der Waals surface area (Å²) >= 11 is 19.6. The van der Waals surface area contributed by atoms with Gasteiger partial charge in [0, 0.05) is 10.0 Å². The Morgan fingerprint density at radius 1 is 1.25 bits per heavy atom. The van der Waals surface area contributed by atoms with Crippen LogP contribution in [0.15, 0.2) is 22.7 Å². The smallest absolute Gasteiger partial charge is 0.206 e. The fraction of sp³-hybridized carbons (Fsp3) is 0.143. The van der Waals surface area contributed by atoms with E-state index in [0.717, 1.165) is 0 Å². The van der Waals surface area contributed by atoms with E-state index >= 15 is 0 Å². The lowest BCUT2D eigenvalue weighted by Crippen LogP contribution is -2.03. The molecule has 0 aliphatic carbocycles. The second-order valence-electron chi connectivity index (χ2n) is 2.12. The fourth-order valence-electron chi connectivity index (χ4n) is 0.719. The van der Waals surface area contributed by atoms with Gasteiger partial charge < -0.3 is 0 Å². The van der Waals surface area contributed by atoms with Gasteiger partial charge in [-0.1, -0.05) is 56.8 Å². The molecule has 12 heavy (non-hydrogen) atoms. The molecule has 0 radical (unpaired) electrons. The van der Waals surface area contributed by atoms with Crippen molar-refractivity contribution >= 4 is 50.7 Å². The second kappa shape index (κ2) is 3.70. The van der Waals surface area contributed by atoms with Gasteiger partial charge in [-0.05, 0) is 12.1 Å². The monoisotopic (exact) mass is 290 g/mol. The van der Waals surface area contributed by atoms with Crippen LogP contribution in [0.3, 0.4) is 0 Å². The third-order valence-electron chi connectivity index (χ3n) is 1.24. The Kier molecular flexibility index (Phi) is 3.27. The lowest BCUT2D eigenvalue weighted by Gasteiger charge is -2.11. The highest BCUT2D eigenvalue weighted by Gasteiger charge is 2.26. The SMILES string of the molecule is Fc1cc(Br)ccc1C(Cl)(Cl)Cl. The zero-order valence-electron chi connectivity index (χ0n) is 5.62. The van der Waals surface area contributed by atoms with E-state index in [2.05, 4.69) is 15.9 Å². The van der Waals surface area contributed by atoms with Gasteiger partial charge in [-0.3, -0.25) is 0 Å². The van der Waals surface area contributed by atoms with Crippen molar-refractivity contribution in [1.82, 2.24) is 0 Å². The lowest BCUT2D eigenvalue weighted by molar-refractivity contribution is 0.612. The van der Waals surface area contributed by atoms with Crippen molar-refractivity contribution in [2.24, 2.45) is 0 Å². The van der Waals surface area contributed by atoms with E-state index in [4.69, 9.17) is 34.8 Å². The molecule has 0 bridgehead atoms. The summed E-state index contributed by atoms with van der Waals surface area (Å²) in [6.07, 6.45) is 0. The molecule has 0 atom stereocenters. The maximum atomic E-state index is 13.1. The first-order valence-electron chi connectivity index (χ1n) is 2.93. The van der Waals surface area contributed by atoms with Gasteiger partial charge >= 0.3 is 0 Å². The first-order chi connectivity index (χ1) is 5.41. The van der Waals surface area contributed by atoms with Crippen LogP contribution in [0.25, 0.3) is 0 Å². The van der Waals surface area contributed by atoms with Crippen molar-refractivity contribution in [2.45, 2.75) is 3.79 Å². The normalized spacial score (nSPS) is 11.8. The summed E-state index contributed by atoms with van der Waals surface area (Å²) in [7, 11) is 0. The highest BCUT2D eigenvalue weighted by atomic mass is 79.9. The van der Waals surface area contributed by atoms with E-state index in [0.29, 0.717) is 4.47 Å². The van der Waals surface area contributed by atoms with Crippen LogP contribution in [0.5, 0.6) is 0 Å². The van der Waals surface area contributed by atoms with Crippen LogP contribution in [-0.2, 0) is 3.79 Å². The summed E-state index contributed by atoms with van der Waals surface area (Å²) in [4.78, 5) is 0. The van der Waals surface area contributed by atoms with Crippen LogP contribution in [0.2, 0.25) is 0 Å². The Morgan fingerprint density at radius 2 is 1.83 bits per heavy atom. The van der Waals surface area contributed by atoms with E-state index in [1.807, 2.05) is 0 Å². The second-order valence-corrected chi connectivity index (χ2v) is 5.32. The molecule has 0 spiro atoms. The van der Waals surface area contributed by atoms with Crippen molar-refractivity contribution in [2.75, 3.05) is 0 Å². The van der Waals surface area contributed by atoms with Gasteiger partial charge in [0.05, 0.1) is 0 Å². The topological polar surface area (TPSA) is 0 Å². The molecular formula is C7H3BrCl3F. The maximum Gasteiger partial charge on any atom is 0.218 e. The number of rotatable bonds is 0. The predicted octanol–water partition coefficient (Wildman–Crippen LogP) is 4.41. The average molecular weight is 292 g/mol. The molecule has 0 saturated carbocycles. The molecule has 66 valence electrons. The fourth-order valence-corrected chi connectivity index (χ4v) is 1.51. The molecule has 0 N–H and O–H groups in total. The van der Waals surface area contributed by atoms with Crippen molar-refractivity contribution in [3.05, 3.63) is 34.1 Å². The van der Waals surface area contributed by atoms with E-state index in [1.54, 1.807) is 6.07 Å². The molecule has 0 unspecified atom stereocenters. The zero-order chi connectivity index (χ0) is 9.35. The quantitative estimate of drug-likeness (QED) is 0.621. The summed E-state index contributed by atoms with van der Waals surface area (Å²) < 4.78 is 12.0. The van der Waals surface area contributed by atoms with Crippen LogP contribution in [0, 0.1) is 5.82 Å². The number of alkyl halides is 3. The molecule has 5 heteroatoms. The number of halogens is 5. The summed E-state index contributed by atoms with van der Waals surface area (Å²) in [5.41, 5.74) is 0.0516. The first-order valence-corrected chi connectivity index (χ1v) is 4.86. The van der Waals surface area contributed by atoms with Gasteiger partial charge in [0.15, 0.2) is 0 Å². The number of benzene rings is 1. The number of hydrogen-bond acceptors (Lipinski definition) is 0. The molecule has 1 aromatic rings. The van der Waals surface area contributed by atoms with E-state index in [9.17, 15) is 4.39 Å². The van der Waals surface area contributed by atoms with Crippen LogP contribution >= 0.6 is 50.7 Å². The molecule has 0 aromatic heterocycles. The highest BCUT2D eigenvalue weighted by Crippen LogP contribution is 2.39. The Bertz CT molecular complexity index is 295. The molecule has 0 amide bonds. The Balaban J connectivity index is 3.19. The highest BCUT2D eigenvalue weighted by molar-refractivity contribution is 9.10. The molecule has 0 heterocycles. The average Bonchev–Trinajstić information content (AvgIpc) is 1.83. The van der Waals surface area contributed by atoms with Gasteiger partial charge in [-0.25, -0.2) is 4.39 Å². The van der Waals surface area contributed by atoms with Crippen LogP contribution in [0.1, 0.15) is 5.56 Å². The van der Waals surface area contributed by atoms with Gasteiger partial charge in [0.25, 0.3) is 0 Å². The molecule has 0 nitrogen and oxygen atoms in total. The maximum absolute atomic E-state index is 13.1. The van der Waals surface area contributed by atoms with Crippen molar-refractivity contribution in [3.63, 3.8) is 0 Å². The predicted molar refractivity (Wildman–Crippen MR) is 53.3 cm³/mol. The molecule has 0 aliphatic heterocycles. The Labute approximate surface area is 92.7 Å². The summed E-state index contributed by atoms with van der Waals surface area (Å²) in [6, 6.07) is 4.28. The minimum atomic E-state index is -1.70. The van der Waals surface area contributed by atoms with Gasteiger partial charge in [0.1, 0.15) is 5.82 Å². The third kappa shape index (κ3) is 2.49. The van der Waals surface area contributed by atoms with Crippen molar-refractivity contribution in [1.29, 1.82) is 0 Å². The minimum Gasteiger partial charge on any atom is -0.206 e. The summed E-state index contributed by atoms with van der Waals surface area (Å²) in [6.45, 7) is 0. The molecule has 1 rings (SSSR count). The Hall–Kier alpha value is 0.500. The molecule has 0 fully saturated rings. The standard InChI is InChI=1S/C7H3BrCl3F/c8-4-1-2-5(6(12)3-4)7(9,10)11/h1-3H. The van der Waals surface area contributed by atoms with Crippen molar-refractivity contribution < 1.29 is 4.39 Å². The zero-order valence-corrected chi connectivity index (χ0v) is 9.48. The summed E-state index contributed by atoms with van der Waals surface area (Å²) in [5.74, 6) is -0.538. The van der Waals surface area contributed by atoms with Gasteiger partial charge in [-0.15, -0.1) is 0 Å².